The number of carboxylic acid groups (broad SMARTS) is 1. The number of hydrogen-bond donors (Lipinski definition) is 3. The first-order chi connectivity index (χ1) is 7.95. The average molecular weight is 241 g/mol. The molecule has 0 spiro atoms. The van der Waals surface area contributed by atoms with Crippen molar-refractivity contribution in [3.05, 3.63) is 17.5 Å². The standard InChI is InChI=1S/C10H15N3O4/c1-6-7(5-13(2)12-6)9(15)11-8(3-4-14)10(16)17/h5,8,14H,3-4H2,1-2H3,(H,11,15)(H,16,17). The van der Waals surface area contributed by atoms with Crippen LogP contribution >= 0.6 is 0 Å². The van der Waals surface area contributed by atoms with Crippen molar-refractivity contribution >= 4 is 11.9 Å². The Kier molecular flexibility index (Phi) is 4.22. The molecule has 1 amide bonds. The monoisotopic (exact) mass is 241 g/mol. The van der Waals surface area contributed by atoms with Gasteiger partial charge in [0.15, 0.2) is 0 Å². The van der Waals surface area contributed by atoms with Crippen molar-refractivity contribution in [2.24, 2.45) is 7.05 Å². The predicted molar refractivity (Wildman–Crippen MR) is 58.5 cm³/mol. The van der Waals surface area contributed by atoms with Crippen LogP contribution in [0.15, 0.2) is 6.20 Å². The number of aryl methyl sites for hydroxylation is 2. The highest BCUT2D eigenvalue weighted by atomic mass is 16.4. The minimum atomic E-state index is -1.17. The number of aliphatic carboxylic acids is 1. The van der Waals surface area contributed by atoms with Gasteiger partial charge in [0, 0.05) is 26.3 Å². The fourth-order valence-corrected chi connectivity index (χ4v) is 1.44. The van der Waals surface area contributed by atoms with Gasteiger partial charge in [-0.3, -0.25) is 9.48 Å². The number of amides is 1. The van der Waals surface area contributed by atoms with Gasteiger partial charge in [0.2, 0.25) is 0 Å². The molecule has 1 rings (SSSR count). The first-order valence-electron chi connectivity index (χ1n) is 5.10. The molecule has 0 saturated carbocycles. The lowest BCUT2D eigenvalue weighted by Crippen LogP contribution is -2.41. The number of aromatic nitrogens is 2. The van der Waals surface area contributed by atoms with Crippen LogP contribution in [-0.4, -0.2) is 44.5 Å². The molecule has 0 bridgehead atoms. The van der Waals surface area contributed by atoms with Gasteiger partial charge in [-0.1, -0.05) is 0 Å². The van der Waals surface area contributed by atoms with Gasteiger partial charge in [0.05, 0.1) is 11.3 Å². The number of nitrogens with one attached hydrogen (secondary N) is 1. The topological polar surface area (TPSA) is 104 Å². The largest absolute Gasteiger partial charge is 0.480 e. The summed E-state index contributed by atoms with van der Waals surface area (Å²) in [4.78, 5) is 22.6. The molecule has 1 unspecified atom stereocenters. The fourth-order valence-electron chi connectivity index (χ4n) is 1.44. The minimum Gasteiger partial charge on any atom is -0.480 e. The second-order valence-electron chi connectivity index (χ2n) is 3.68. The molecule has 0 fully saturated rings. The summed E-state index contributed by atoms with van der Waals surface area (Å²) < 4.78 is 1.48. The van der Waals surface area contributed by atoms with Crippen molar-refractivity contribution < 1.29 is 19.8 Å². The van der Waals surface area contributed by atoms with Gasteiger partial charge in [0.25, 0.3) is 5.91 Å². The molecule has 94 valence electrons. The molecule has 7 nitrogen and oxygen atoms in total. The Labute approximate surface area is 98.1 Å². The van der Waals surface area contributed by atoms with E-state index < -0.39 is 17.9 Å². The second kappa shape index (κ2) is 5.44. The SMILES string of the molecule is Cc1nn(C)cc1C(=O)NC(CCO)C(=O)O. The summed E-state index contributed by atoms with van der Waals surface area (Å²) in [5, 5.41) is 23.8. The quantitative estimate of drug-likeness (QED) is 0.632. The summed E-state index contributed by atoms with van der Waals surface area (Å²) in [5.41, 5.74) is 0.856. The summed E-state index contributed by atoms with van der Waals surface area (Å²) in [6.45, 7) is 1.36. The second-order valence-corrected chi connectivity index (χ2v) is 3.68. The lowest BCUT2D eigenvalue weighted by atomic mass is 10.2. The molecule has 1 aromatic rings. The number of carbonyl (C=O) groups excluding carboxylic acids is 1. The van der Waals surface area contributed by atoms with E-state index in [0.29, 0.717) is 11.3 Å². The fraction of sp³-hybridized carbons (Fsp3) is 0.500. The number of nitrogens with zero attached hydrogens (tertiary/aromatic N) is 2. The van der Waals surface area contributed by atoms with Crippen LogP contribution in [0.1, 0.15) is 22.5 Å². The third kappa shape index (κ3) is 3.28. The van der Waals surface area contributed by atoms with Crippen LogP contribution < -0.4 is 5.32 Å². The van der Waals surface area contributed by atoms with Gasteiger partial charge in [-0.05, 0) is 6.92 Å². The molecule has 0 saturated heterocycles. The van der Waals surface area contributed by atoms with Crippen molar-refractivity contribution in [3.63, 3.8) is 0 Å². The molecule has 0 aliphatic carbocycles. The van der Waals surface area contributed by atoms with Crippen molar-refractivity contribution in [1.82, 2.24) is 15.1 Å². The highest BCUT2D eigenvalue weighted by molar-refractivity contribution is 5.97. The molecular weight excluding hydrogens is 226 g/mol. The maximum Gasteiger partial charge on any atom is 0.326 e. The number of aliphatic hydroxyl groups excluding tert-OH is 1. The highest BCUT2D eigenvalue weighted by Gasteiger charge is 2.21. The highest BCUT2D eigenvalue weighted by Crippen LogP contribution is 2.05. The van der Waals surface area contributed by atoms with Crippen molar-refractivity contribution in [1.29, 1.82) is 0 Å². The number of carboxylic acids is 1. The zero-order valence-electron chi connectivity index (χ0n) is 9.67. The van der Waals surface area contributed by atoms with Gasteiger partial charge in [-0.25, -0.2) is 4.79 Å². The van der Waals surface area contributed by atoms with Crippen molar-refractivity contribution in [2.75, 3.05) is 6.61 Å². The molecule has 1 aromatic heterocycles. The Morgan fingerprint density at radius 3 is 2.65 bits per heavy atom. The van der Waals surface area contributed by atoms with Crippen LogP contribution in [0.5, 0.6) is 0 Å². The van der Waals surface area contributed by atoms with Crippen LogP contribution in [0.4, 0.5) is 0 Å². The third-order valence-electron chi connectivity index (χ3n) is 2.28. The average Bonchev–Trinajstić information content (AvgIpc) is 2.57. The van der Waals surface area contributed by atoms with Crippen LogP contribution in [0, 0.1) is 6.92 Å². The lowest BCUT2D eigenvalue weighted by Gasteiger charge is -2.12. The van der Waals surface area contributed by atoms with E-state index in [4.69, 9.17) is 10.2 Å². The Balaban J connectivity index is 2.77. The number of carbonyl (C=O) groups is 2. The van der Waals surface area contributed by atoms with E-state index in [1.54, 1.807) is 14.0 Å². The van der Waals surface area contributed by atoms with Crippen LogP contribution in [0.25, 0.3) is 0 Å². The van der Waals surface area contributed by atoms with Gasteiger partial charge in [-0.2, -0.15) is 5.10 Å². The molecule has 3 N–H and O–H groups in total. The smallest absolute Gasteiger partial charge is 0.326 e. The van der Waals surface area contributed by atoms with E-state index in [1.165, 1.54) is 10.9 Å². The summed E-state index contributed by atoms with van der Waals surface area (Å²) in [6, 6.07) is -1.09. The van der Waals surface area contributed by atoms with E-state index >= 15 is 0 Å². The predicted octanol–water partition coefficient (Wildman–Crippen LogP) is -0.706. The Morgan fingerprint density at radius 1 is 1.59 bits per heavy atom. The number of hydrogen-bond acceptors (Lipinski definition) is 4. The van der Waals surface area contributed by atoms with Gasteiger partial charge >= 0.3 is 5.97 Å². The van der Waals surface area contributed by atoms with Crippen LogP contribution in [0.2, 0.25) is 0 Å². The molecule has 7 heteroatoms. The molecular formula is C10H15N3O4. The Hall–Kier alpha value is -1.89. The molecule has 1 atom stereocenters. The summed E-state index contributed by atoms with van der Waals surface area (Å²) >= 11 is 0. The first-order valence-corrected chi connectivity index (χ1v) is 5.10. The van der Waals surface area contributed by atoms with Crippen molar-refractivity contribution in [2.45, 2.75) is 19.4 Å². The summed E-state index contributed by atoms with van der Waals surface area (Å²) in [5.74, 6) is -1.68. The third-order valence-corrected chi connectivity index (χ3v) is 2.28. The Morgan fingerprint density at radius 2 is 2.24 bits per heavy atom. The lowest BCUT2D eigenvalue weighted by molar-refractivity contribution is -0.139. The normalized spacial score (nSPS) is 12.2. The molecule has 0 aromatic carbocycles. The maximum atomic E-state index is 11.8. The minimum absolute atomic E-state index is 0.0274. The molecule has 0 radical (unpaired) electrons. The van der Waals surface area contributed by atoms with Crippen LogP contribution in [-0.2, 0) is 11.8 Å². The zero-order chi connectivity index (χ0) is 13.0. The molecule has 17 heavy (non-hydrogen) atoms. The van der Waals surface area contributed by atoms with E-state index in [0.717, 1.165) is 0 Å². The Bertz CT molecular complexity index is 427. The van der Waals surface area contributed by atoms with E-state index in [1.807, 2.05) is 0 Å². The number of rotatable bonds is 5. The van der Waals surface area contributed by atoms with Gasteiger partial charge in [-0.15, -0.1) is 0 Å². The van der Waals surface area contributed by atoms with Gasteiger partial charge < -0.3 is 15.5 Å². The van der Waals surface area contributed by atoms with Crippen LogP contribution in [0.3, 0.4) is 0 Å². The van der Waals surface area contributed by atoms with Gasteiger partial charge in [0.1, 0.15) is 6.04 Å². The number of aliphatic hydroxyl groups is 1. The zero-order valence-corrected chi connectivity index (χ0v) is 9.67. The van der Waals surface area contributed by atoms with E-state index in [-0.39, 0.29) is 13.0 Å². The maximum absolute atomic E-state index is 11.8. The molecule has 0 aliphatic rings. The first kappa shape index (κ1) is 13.2. The van der Waals surface area contributed by atoms with E-state index in [9.17, 15) is 9.59 Å². The summed E-state index contributed by atoms with van der Waals surface area (Å²) in [7, 11) is 1.67. The van der Waals surface area contributed by atoms with Crippen molar-refractivity contribution in [3.8, 4) is 0 Å². The van der Waals surface area contributed by atoms with E-state index in [2.05, 4.69) is 10.4 Å². The molecule has 1 heterocycles. The molecule has 0 aliphatic heterocycles. The summed E-state index contributed by atoms with van der Waals surface area (Å²) in [6.07, 6.45) is 1.49.